The number of hydrogen-bond acceptors (Lipinski definition) is 6. The van der Waals surface area contributed by atoms with Crippen LogP contribution < -0.4 is 9.47 Å². The SMILES string of the molecule is COc1ccc(C(=O)C(C)Sc2nncn2-c2cccc(OC)c2)cc1. The maximum atomic E-state index is 12.7. The van der Waals surface area contributed by atoms with Gasteiger partial charge in [0.25, 0.3) is 0 Å². The number of ketones is 1. The van der Waals surface area contributed by atoms with Gasteiger partial charge in [-0.2, -0.15) is 0 Å². The molecular weight excluding hydrogens is 350 g/mol. The van der Waals surface area contributed by atoms with Gasteiger partial charge in [-0.15, -0.1) is 10.2 Å². The Morgan fingerprint density at radius 2 is 1.81 bits per heavy atom. The molecule has 0 spiro atoms. The first-order valence-electron chi connectivity index (χ1n) is 8.01. The molecule has 0 saturated carbocycles. The zero-order chi connectivity index (χ0) is 18.5. The van der Waals surface area contributed by atoms with E-state index in [0.29, 0.717) is 10.7 Å². The number of benzene rings is 2. The van der Waals surface area contributed by atoms with E-state index in [2.05, 4.69) is 10.2 Å². The van der Waals surface area contributed by atoms with Gasteiger partial charge in [-0.1, -0.05) is 17.8 Å². The molecule has 1 aromatic heterocycles. The molecule has 0 fully saturated rings. The van der Waals surface area contributed by atoms with Crippen LogP contribution in [-0.4, -0.2) is 40.0 Å². The Labute approximate surface area is 156 Å². The highest BCUT2D eigenvalue weighted by atomic mass is 32.2. The van der Waals surface area contributed by atoms with Crippen molar-refractivity contribution in [3.8, 4) is 17.2 Å². The highest BCUT2D eigenvalue weighted by molar-refractivity contribution is 8.00. The molecule has 3 aromatic rings. The van der Waals surface area contributed by atoms with Crippen LogP contribution >= 0.6 is 11.8 Å². The first-order chi connectivity index (χ1) is 12.6. The molecule has 0 aliphatic carbocycles. The van der Waals surface area contributed by atoms with Crippen molar-refractivity contribution in [3.05, 3.63) is 60.4 Å². The molecule has 0 aliphatic rings. The second-order valence-corrected chi connectivity index (χ2v) is 6.85. The summed E-state index contributed by atoms with van der Waals surface area (Å²) in [4.78, 5) is 12.7. The Balaban J connectivity index is 1.78. The summed E-state index contributed by atoms with van der Waals surface area (Å²) in [5.74, 6) is 1.49. The van der Waals surface area contributed by atoms with Gasteiger partial charge in [0.1, 0.15) is 17.8 Å². The van der Waals surface area contributed by atoms with Crippen LogP contribution in [0.1, 0.15) is 17.3 Å². The van der Waals surface area contributed by atoms with Crippen LogP contribution in [0.4, 0.5) is 0 Å². The lowest BCUT2D eigenvalue weighted by Crippen LogP contribution is -2.14. The molecule has 0 aliphatic heterocycles. The average Bonchev–Trinajstić information content (AvgIpc) is 3.15. The molecule has 0 N–H and O–H groups in total. The zero-order valence-electron chi connectivity index (χ0n) is 14.7. The topological polar surface area (TPSA) is 66.2 Å². The van der Waals surface area contributed by atoms with Gasteiger partial charge in [0.05, 0.1) is 25.2 Å². The van der Waals surface area contributed by atoms with Crippen molar-refractivity contribution in [2.75, 3.05) is 14.2 Å². The summed E-state index contributed by atoms with van der Waals surface area (Å²) in [6.07, 6.45) is 1.63. The number of carbonyl (C=O) groups is 1. The molecular formula is C19H19N3O3S. The van der Waals surface area contributed by atoms with Crippen LogP contribution in [0.15, 0.2) is 60.0 Å². The maximum absolute atomic E-state index is 12.7. The number of carbonyl (C=O) groups excluding carboxylic acids is 1. The standard InChI is InChI=1S/C19H19N3O3S/c1-13(18(23)14-7-9-16(24-2)10-8-14)26-19-21-20-12-22(19)15-5-4-6-17(11-15)25-3/h4-13H,1-3H3. The van der Waals surface area contributed by atoms with Gasteiger partial charge >= 0.3 is 0 Å². The van der Waals surface area contributed by atoms with Crippen molar-refractivity contribution in [2.45, 2.75) is 17.3 Å². The largest absolute Gasteiger partial charge is 0.497 e. The van der Waals surface area contributed by atoms with Crippen molar-refractivity contribution in [1.82, 2.24) is 14.8 Å². The molecule has 2 aromatic carbocycles. The van der Waals surface area contributed by atoms with Gasteiger partial charge in [-0.3, -0.25) is 9.36 Å². The molecule has 0 amide bonds. The third-order valence-electron chi connectivity index (χ3n) is 3.87. The number of aromatic nitrogens is 3. The maximum Gasteiger partial charge on any atom is 0.196 e. The molecule has 1 atom stereocenters. The molecule has 3 rings (SSSR count). The van der Waals surface area contributed by atoms with E-state index in [4.69, 9.17) is 9.47 Å². The number of ether oxygens (including phenoxy) is 2. The average molecular weight is 369 g/mol. The zero-order valence-corrected chi connectivity index (χ0v) is 15.6. The number of rotatable bonds is 7. The van der Waals surface area contributed by atoms with Crippen LogP contribution in [0, 0.1) is 0 Å². The van der Waals surface area contributed by atoms with Crippen molar-refractivity contribution >= 4 is 17.5 Å². The summed E-state index contributed by atoms with van der Waals surface area (Å²) >= 11 is 1.37. The highest BCUT2D eigenvalue weighted by Gasteiger charge is 2.20. The fraction of sp³-hybridized carbons (Fsp3) is 0.211. The fourth-order valence-electron chi connectivity index (χ4n) is 2.44. The number of nitrogens with zero attached hydrogens (tertiary/aromatic N) is 3. The Hall–Kier alpha value is -2.80. The van der Waals surface area contributed by atoms with Crippen LogP contribution in [-0.2, 0) is 0 Å². The molecule has 7 heteroatoms. The van der Waals surface area contributed by atoms with Crippen LogP contribution in [0.25, 0.3) is 5.69 Å². The first-order valence-corrected chi connectivity index (χ1v) is 8.89. The third-order valence-corrected chi connectivity index (χ3v) is 4.93. The molecule has 0 saturated heterocycles. The molecule has 134 valence electrons. The predicted molar refractivity (Wildman–Crippen MR) is 101 cm³/mol. The van der Waals surface area contributed by atoms with Crippen LogP contribution in [0.3, 0.4) is 0 Å². The number of thioether (sulfide) groups is 1. The van der Waals surface area contributed by atoms with E-state index in [-0.39, 0.29) is 11.0 Å². The quantitative estimate of drug-likeness (QED) is 0.468. The molecule has 0 radical (unpaired) electrons. The normalized spacial score (nSPS) is 11.8. The number of Topliss-reactive ketones (excluding diaryl/α,β-unsaturated/α-hetero) is 1. The van der Waals surface area contributed by atoms with E-state index in [1.807, 2.05) is 35.8 Å². The monoisotopic (exact) mass is 369 g/mol. The Kier molecular flexibility index (Phi) is 5.58. The fourth-order valence-corrected chi connectivity index (χ4v) is 3.36. The minimum absolute atomic E-state index is 0.0258. The summed E-state index contributed by atoms with van der Waals surface area (Å²) in [6.45, 7) is 1.86. The minimum Gasteiger partial charge on any atom is -0.497 e. The van der Waals surface area contributed by atoms with Gasteiger partial charge in [-0.25, -0.2) is 0 Å². The van der Waals surface area contributed by atoms with Crippen molar-refractivity contribution in [1.29, 1.82) is 0 Å². The molecule has 0 bridgehead atoms. The second-order valence-electron chi connectivity index (χ2n) is 5.54. The van der Waals surface area contributed by atoms with Crippen molar-refractivity contribution in [2.24, 2.45) is 0 Å². The lowest BCUT2D eigenvalue weighted by atomic mass is 10.1. The molecule has 1 unspecified atom stereocenters. The third kappa shape index (κ3) is 3.88. The van der Waals surface area contributed by atoms with Crippen molar-refractivity contribution in [3.63, 3.8) is 0 Å². The summed E-state index contributed by atoms with van der Waals surface area (Å²) in [5.41, 5.74) is 1.51. The van der Waals surface area contributed by atoms with Gasteiger partial charge in [-0.05, 0) is 43.3 Å². The lowest BCUT2D eigenvalue weighted by molar-refractivity contribution is 0.0994. The molecule has 1 heterocycles. The lowest BCUT2D eigenvalue weighted by Gasteiger charge is -2.12. The highest BCUT2D eigenvalue weighted by Crippen LogP contribution is 2.27. The number of hydrogen-bond donors (Lipinski definition) is 0. The smallest absolute Gasteiger partial charge is 0.196 e. The van der Waals surface area contributed by atoms with Crippen LogP contribution in [0.5, 0.6) is 11.5 Å². The van der Waals surface area contributed by atoms with Gasteiger partial charge in [0, 0.05) is 11.6 Å². The molecule has 26 heavy (non-hydrogen) atoms. The Bertz CT molecular complexity index is 893. The minimum atomic E-state index is -0.308. The predicted octanol–water partition coefficient (Wildman–Crippen LogP) is 3.65. The summed E-state index contributed by atoms with van der Waals surface area (Å²) in [5, 5.41) is 8.48. The van der Waals surface area contributed by atoms with E-state index in [9.17, 15) is 4.79 Å². The van der Waals surface area contributed by atoms with Gasteiger partial charge in [0.2, 0.25) is 0 Å². The second kappa shape index (κ2) is 8.05. The summed E-state index contributed by atoms with van der Waals surface area (Å²) in [7, 11) is 3.22. The Morgan fingerprint density at radius 3 is 2.50 bits per heavy atom. The van der Waals surface area contributed by atoms with E-state index in [1.165, 1.54) is 11.8 Å². The first kappa shape index (κ1) is 18.0. The van der Waals surface area contributed by atoms with Gasteiger partial charge < -0.3 is 9.47 Å². The van der Waals surface area contributed by atoms with E-state index >= 15 is 0 Å². The van der Waals surface area contributed by atoms with E-state index in [1.54, 1.807) is 44.8 Å². The summed E-state index contributed by atoms with van der Waals surface area (Å²) < 4.78 is 12.2. The van der Waals surface area contributed by atoms with E-state index < -0.39 is 0 Å². The molecule has 6 nitrogen and oxygen atoms in total. The van der Waals surface area contributed by atoms with Crippen molar-refractivity contribution < 1.29 is 14.3 Å². The van der Waals surface area contributed by atoms with Gasteiger partial charge in [0.15, 0.2) is 10.9 Å². The summed E-state index contributed by atoms with van der Waals surface area (Å²) in [6, 6.07) is 14.7. The van der Waals surface area contributed by atoms with E-state index in [0.717, 1.165) is 17.2 Å². The number of methoxy groups -OCH3 is 2. The Morgan fingerprint density at radius 1 is 1.08 bits per heavy atom. The van der Waals surface area contributed by atoms with Crippen LogP contribution in [0.2, 0.25) is 0 Å².